The van der Waals surface area contributed by atoms with Gasteiger partial charge >= 0.3 is 5.69 Å². The second-order valence-electron chi connectivity index (χ2n) is 3.39. The van der Waals surface area contributed by atoms with E-state index < -0.39 is 10.7 Å². The van der Waals surface area contributed by atoms with Crippen LogP contribution in [0.1, 0.15) is 0 Å². The molecule has 0 spiro atoms. The lowest BCUT2D eigenvalue weighted by Gasteiger charge is -2.27. The van der Waals surface area contributed by atoms with Crippen molar-refractivity contribution in [1.29, 1.82) is 0 Å². The molecule has 1 aliphatic rings. The Morgan fingerprint density at radius 3 is 2.75 bits per heavy atom. The lowest BCUT2D eigenvalue weighted by molar-refractivity contribution is -0.386. The average molecular weight is 338 g/mol. The van der Waals surface area contributed by atoms with Crippen molar-refractivity contribution in [1.82, 2.24) is 5.32 Å². The topological polar surface area (TPSA) is 64.4 Å². The van der Waals surface area contributed by atoms with Crippen LogP contribution in [0, 0.1) is 19.5 Å². The van der Waals surface area contributed by atoms with Gasteiger partial charge in [0.15, 0.2) is 5.75 Å². The fourth-order valence-electron chi connectivity index (χ4n) is 1.28. The first-order valence-electron chi connectivity index (χ1n) is 4.58. The zero-order chi connectivity index (χ0) is 11.7. The molecule has 1 heterocycles. The minimum absolute atomic E-state index is 0.00517. The van der Waals surface area contributed by atoms with Gasteiger partial charge in [-0.3, -0.25) is 10.1 Å². The van der Waals surface area contributed by atoms with E-state index in [9.17, 15) is 14.5 Å². The van der Waals surface area contributed by atoms with E-state index in [1.165, 1.54) is 6.07 Å². The summed E-state index contributed by atoms with van der Waals surface area (Å²) < 4.78 is 18.8. The van der Waals surface area contributed by atoms with E-state index in [2.05, 4.69) is 5.32 Å². The minimum Gasteiger partial charge on any atom is -0.481 e. The molecule has 0 aromatic heterocycles. The number of nitro benzene ring substituents is 1. The molecule has 1 aromatic rings. The molecule has 0 unspecified atom stereocenters. The fraction of sp³-hybridized carbons (Fsp3) is 0.333. The Kier molecular flexibility index (Phi) is 3.24. The number of hydrogen-bond donors (Lipinski definition) is 1. The molecule has 0 amide bonds. The van der Waals surface area contributed by atoms with Crippen LogP contribution in [0.4, 0.5) is 10.1 Å². The summed E-state index contributed by atoms with van der Waals surface area (Å²) in [4.78, 5) is 10.2. The predicted octanol–water partition coefficient (Wildman–Crippen LogP) is 1.69. The minimum atomic E-state index is -0.566. The molecule has 0 radical (unpaired) electrons. The van der Waals surface area contributed by atoms with Crippen molar-refractivity contribution in [2.45, 2.75) is 6.10 Å². The van der Waals surface area contributed by atoms with Gasteiger partial charge < -0.3 is 10.1 Å². The zero-order valence-electron chi connectivity index (χ0n) is 8.07. The van der Waals surface area contributed by atoms with Crippen molar-refractivity contribution < 1.29 is 14.1 Å². The fourth-order valence-corrected chi connectivity index (χ4v) is 1.73. The van der Waals surface area contributed by atoms with Gasteiger partial charge in [0, 0.05) is 25.2 Å². The summed E-state index contributed by atoms with van der Waals surface area (Å²) in [5.41, 5.74) is -0.197. The molecule has 0 saturated carbocycles. The number of ether oxygens (including phenoxy) is 1. The van der Waals surface area contributed by atoms with Crippen LogP contribution in [0.25, 0.3) is 0 Å². The molecule has 1 aromatic carbocycles. The number of halogens is 2. The lowest BCUT2D eigenvalue weighted by atomic mass is 10.2. The van der Waals surface area contributed by atoms with Crippen molar-refractivity contribution in [3.63, 3.8) is 0 Å². The standard InChI is InChI=1S/C9H8FIN2O3/c10-6-1-9(16-5-3-12-4-5)8(13(14)15)2-7(6)11/h1-2,5,12H,3-4H2. The molecule has 0 bridgehead atoms. The molecular weight excluding hydrogens is 330 g/mol. The van der Waals surface area contributed by atoms with E-state index >= 15 is 0 Å². The molecular formula is C9H8FIN2O3. The Hall–Kier alpha value is -0.960. The van der Waals surface area contributed by atoms with E-state index in [1.54, 1.807) is 22.6 Å². The van der Waals surface area contributed by atoms with Gasteiger partial charge in [-0.05, 0) is 22.6 Å². The summed E-state index contributed by atoms with van der Waals surface area (Å²) in [6.07, 6.45) is -0.113. The highest BCUT2D eigenvalue weighted by molar-refractivity contribution is 14.1. The van der Waals surface area contributed by atoms with Crippen LogP contribution >= 0.6 is 22.6 Å². The predicted molar refractivity (Wildman–Crippen MR) is 63.1 cm³/mol. The van der Waals surface area contributed by atoms with Gasteiger partial charge in [-0.15, -0.1) is 0 Å². The SMILES string of the molecule is O=[N+]([O-])c1cc(I)c(F)cc1OC1CNC1. The van der Waals surface area contributed by atoms with Crippen LogP contribution in [-0.2, 0) is 0 Å². The normalized spacial score (nSPS) is 15.6. The largest absolute Gasteiger partial charge is 0.481 e. The zero-order valence-corrected chi connectivity index (χ0v) is 10.2. The van der Waals surface area contributed by atoms with Crippen molar-refractivity contribution in [2.24, 2.45) is 0 Å². The van der Waals surface area contributed by atoms with Gasteiger partial charge in [0.05, 0.1) is 8.49 Å². The van der Waals surface area contributed by atoms with Crippen molar-refractivity contribution in [2.75, 3.05) is 13.1 Å². The molecule has 1 aliphatic heterocycles. The lowest BCUT2D eigenvalue weighted by Crippen LogP contribution is -2.50. The number of nitrogens with one attached hydrogen (secondary N) is 1. The Morgan fingerprint density at radius 1 is 1.56 bits per heavy atom. The quantitative estimate of drug-likeness (QED) is 0.518. The summed E-state index contributed by atoms with van der Waals surface area (Å²) in [6, 6.07) is 2.25. The Morgan fingerprint density at radius 2 is 2.25 bits per heavy atom. The van der Waals surface area contributed by atoms with Gasteiger partial charge in [-0.25, -0.2) is 4.39 Å². The molecule has 7 heteroatoms. The van der Waals surface area contributed by atoms with Gasteiger partial charge in [0.2, 0.25) is 0 Å². The van der Waals surface area contributed by atoms with Crippen LogP contribution in [0.5, 0.6) is 5.75 Å². The number of benzene rings is 1. The first-order valence-corrected chi connectivity index (χ1v) is 5.66. The van der Waals surface area contributed by atoms with E-state index in [0.29, 0.717) is 13.1 Å². The monoisotopic (exact) mass is 338 g/mol. The summed E-state index contributed by atoms with van der Waals surface area (Å²) in [6.45, 7) is 1.26. The maximum atomic E-state index is 13.3. The van der Waals surface area contributed by atoms with Crippen molar-refractivity contribution >= 4 is 28.3 Å². The van der Waals surface area contributed by atoms with Crippen LogP contribution in [0.3, 0.4) is 0 Å². The molecule has 1 saturated heterocycles. The van der Waals surface area contributed by atoms with E-state index in [1.807, 2.05) is 0 Å². The summed E-state index contributed by atoms with van der Waals surface area (Å²) >= 11 is 1.71. The smallest absolute Gasteiger partial charge is 0.312 e. The third-order valence-corrected chi connectivity index (χ3v) is 3.06. The van der Waals surface area contributed by atoms with Gasteiger partial charge in [0.1, 0.15) is 11.9 Å². The molecule has 86 valence electrons. The van der Waals surface area contributed by atoms with Crippen molar-refractivity contribution in [3.05, 3.63) is 31.6 Å². The van der Waals surface area contributed by atoms with E-state index in [-0.39, 0.29) is 21.1 Å². The highest BCUT2D eigenvalue weighted by Gasteiger charge is 2.25. The molecule has 1 fully saturated rings. The molecule has 1 N–H and O–H groups in total. The number of nitrogens with zero attached hydrogens (tertiary/aromatic N) is 1. The molecule has 0 aliphatic carbocycles. The highest BCUT2D eigenvalue weighted by atomic mass is 127. The highest BCUT2D eigenvalue weighted by Crippen LogP contribution is 2.31. The summed E-state index contributed by atoms with van der Waals surface area (Å²) in [7, 11) is 0. The van der Waals surface area contributed by atoms with Crippen LogP contribution in [0.15, 0.2) is 12.1 Å². The second-order valence-corrected chi connectivity index (χ2v) is 4.55. The second kappa shape index (κ2) is 4.50. The number of nitro groups is 1. The first-order chi connectivity index (χ1) is 7.58. The summed E-state index contributed by atoms with van der Waals surface area (Å²) in [5, 5.41) is 13.7. The third kappa shape index (κ3) is 2.24. The molecule has 16 heavy (non-hydrogen) atoms. The number of hydrogen-bond acceptors (Lipinski definition) is 4. The maximum Gasteiger partial charge on any atom is 0.312 e. The van der Waals surface area contributed by atoms with Crippen LogP contribution < -0.4 is 10.1 Å². The number of rotatable bonds is 3. The maximum absolute atomic E-state index is 13.3. The van der Waals surface area contributed by atoms with Crippen LogP contribution in [0.2, 0.25) is 0 Å². The van der Waals surface area contributed by atoms with E-state index in [4.69, 9.17) is 4.74 Å². The third-order valence-electron chi connectivity index (χ3n) is 2.24. The van der Waals surface area contributed by atoms with Gasteiger partial charge in [0.25, 0.3) is 0 Å². The Bertz CT molecular complexity index is 437. The molecule has 2 rings (SSSR count). The summed E-state index contributed by atoms with van der Waals surface area (Å²) in [5.74, 6) is -0.511. The van der Waals surface area contributed by atoms with Gasteiger partial charge in [-0.1, -0.05) is 0 Å². The van der Waals surface area contributed by atoms with Crippen molar-refractivity contribution in [3.8, 4) is 5.75 Å². The Balaban J connectivity index is 2.32. The molecule has 5 nitrogen and oxygen atoms in total. The Labute approximate surface area is 104 Å². The average Bonchev–Trinajstić information content (AvgIpc) is 2.16. The van der Waals surface area contributed by atoms with Gasteiger partial charge in [-0.2, -0.15) is 0 Å². The van der Waals surface area contributed by atoms with Crippen LogP contribution in [-0.4, -0.2) is 24.1 Å². The molecule has 0 atom stereocenters. The first kappa shape index (κ1) is 11.5. The van der Waals surface area contributed by atoms with E-state index in [0.717, 1.165) is 6.07 Å².